The molecule has 152 valence electrons. The second-order valence-electron chi connectivity index (χ2n) is 5.84. The summed E-state index contributed by atoms with van der Waals surface area (Å²) in [5.74, 6) is 13.8. The zero-order valence-electron chi connectivity index (χ0n) is 15.2. The molecule has 0 nitrogen and oxygen atoms in total. The van der Waals surface area contributed by atoms with Crippen LogP contribution in [0.3, 0.4) is 0 Å². The Bertz CT molecular complexity index is 212. The first-order valence-electron chi connectivity index (χ1n) is 8.99. The summed E-state index contributed by atoms with van der Waals surface area (Å²) in [5.41, 5.74) is 0.514. The Morgan fingerprint density at radius 2 is 0.640 bits per heavy atom. The van der Waals surface area contributed by atoms with Crippen molar-refractivity contribution in [3.63, 3.8) is 0 Å². The van der Waals surface area contributed by atoms with Gasteiger partial charge in [-0.25, -0.2) is 0 Å². The molecule has 0 spiro atoms. The average Bonchev–Trinajstić information content (AvgIpc) is 2.63. The molecule has 0 rings (SSSR count). The molecule has 0 amide bonds. The van der Waals surface area contributed by atoms with Crippen molar-refractivity contribution < 1.29 is 0 Å². The Balaban J connectivity index is 4.62. The molecule has 0 aliphatic heterocycles. The summed E-state index contributed by atoms with van der Waals surface area (Å²) >= 11 is 25.7. The summed E-state index contributed by atoms with van der Waals surface area (Å²) in [6.07, 6.45) is 5.43. The van der Waals surface area contributed by atoms with Crippen LogP contribution < -0.4 is 0 Å². The van der Waals surface area contributed by atoms with Gasteiger partial charge in [0.15, 0.2) is 0 Å². The van der Waals surface area contributed by atoms with E-state index in [2.05, 4.69) is 97.6 Å². The highest BCUT2D eigenvalue weighted by atomic mass is 32.2. The molecule has 0 atom stereocenters. The van der Waals surface area contributed by atoms with Crippen molar-refractivity contribution in [1.29, 1.82) is 0 Å². The fourth-order valence-corrected chi connectivity index (χ4v) is 7.76. The number of hydrogen-bond acceptors (Lipinski definition) is 8. The molecule has 0 heterocycles. The Morgan fingerprint density at radius 3 is 0.840 bits per heavy atom. The van der Waals surface area contributed by atoms with E-state index in [1.165, 1.54) is 71.7 Å². The van der Waals surface area contributed by atoms with E-state index in [0.717, 1.165) is 23.0 Å². The molecule has 0 unspecified atom stereocenters. The van der Waals surface area contributed by atoms with Crippen LogP contribution in [0, 0.1) is 5.41 Å². The van der Waals surface area contributed by atoms with Crippen molar-refractivity contribution in [2.24, 2.45) is 5.41 Å². The van der Waals surface area contributed by atoms with Crippen LogP contribution in [0.5, 0.6) is 0 Å². The second-order valence-corrected chi connectivity index (χ2v) is 12.5. The lowest BCUT2D eigenvalue weighted by molar-refractivity contribution is 0.250. The maximum atomic E-state index is 4.35. The average molecular weight is 497 g/mol. The van der Waals surface area contributed by atoms with E-state index < -0.39 is 0 Å². The third kappa shape index (κ3) is 17.4. The summed E-state index contributed by atoms with van der Waals surface area (Å²) in [6, 6.07) is 0. The molecule has 8 heteroatoms. The van der Waals surface area contributed by atoms with E-state index in [0.29, 0.717) is 5.41 Å². The van der Waals surface area contributed by atoms with Gasteiger partial charge >= 0.3 is 0 Å². The van der Waals surface area contributed by atoms with Crippen LogP contribution in [0.15, 0.2) is 0 Å². The fraction of sp³-hybridized carbons (Fsp3) is 1.00. The Labute approximate surface area is 196 Å². The number of thiol groups is 4. The second kappa shape index (κ2) is 21.5. The fourth-order valence-electron chi connectivity index (χ4n) is 2.57. The maximum absolute atomic E-state index is 4.35. The predicted molar refractivity (Wildman–Crippen MR) is 146 cm³/mol. The van der Waals surface area contributed by atoms with Crippen molar-refractivity contribution in [3.05, 3.63) is 0 Å². The van der Waals surface area contributed by atoms with Crippen molar-refractivity contribution in [3.8, 4) is 0 Å². The molecule has 0 saturated heterocycles. The zero-order valence-corrected chi connectivity index (χ0v) is 22.1. The van der Waals surface area contributed by atoms with Crippen molar-refractivity contribution in [2.45, 2.75) is 25.7 Å². The van der Waals surface area contributed by atoms with Crippen LogP contribution in [0.1, 0.15) is 25.7 Å². The van der Waals surface area contributed by atoms with Gasteiger partial charge in [-0.3, -0.25) is 0 Å². The van der Waals surface area contributed by atoms with Crippen LogP contribution >= 0.6 is 97.6 Å². The lowest BCUT2D eigenvalue weighted by Crippen LogP contribution is -2.25. The van der Waals surface area contributed by atoms with Gasteiger partial charge in [0.1, 0.15) is 0 Å². The van der Waals surface area contributed by atoms with E-state index in [1.807, 2.05) is 0 Å². The normalized spacial score (nSPS) is 12.0. The summed E-state index contributed by atoms with van der Waals surface area (Å²) in [4.78, 5) is 0. The van der Waals surface area contributed by atoms with Crippen LogP contribution in [-0.4, -0.2) is 69.0 Å². The van der Waals surface area contributed by atoms with Crippen molar-refractivity contribution in [1.82, 2.24) is 0 Å². The molecule has 0 N–H and O–H groups in total. The minimum absolute atomic E-state index is 0.514. The highest BCUT2D eigenvalue weighted by Crippen LogP contribution is 2.39. The van der Waals surface area contributed by atoms with Gasteiger partial charge in [-0.05, 0) is 77.1 Å². The lowest BCUT2D eigenvalue weighted by atomic mass is 9.77. The monoisotopic (exact) mass is 496 g/mol. The van der Waals surface area contributed by atoms with Crippen LogP contribution in [-0.2, 0) is 0 Å². The molecular weight excluding hydrogens is 461 g/mol. The quantitative estimate of drug-likeness (QED) is 0.117. The molecule has 0 aliphatic rings. The van der Waals surface area contributed by atoms with Gasteiger partial charge in [-0.15, -0.1) is 0 Å². The molecule has 0 aromatic heterocycles. The predicted octanol–water partition coefficient (Wildman–Crippen LogP) is 6.19. The molecular formula is C17H36S8. The van der Waals surface area contributed by atoms with Crippen molar-refractivity contribution in [2.75, 3.05) is 69.0 Å². The maximum Gasteiger partial charge on any atom is 0.00210 e. The molecule has 25 heavy (non-hydrogen) atoms. The van der Waals surface area contributed by atoms with E-state index in [1.54, 1.807) is 0 Å². The van der Waals surface area contributed by atoms with Crippen LogP contribution in [0.4, 0.5) is 0 Å². The van der Waals surface area contributed by atoms with Crippen molar-refractivity contribution >= 4 is 97.6 Å². The van der Waals surface area contributed by atoms with Gasteiger partial charge < -0.3 is 0 Å². The summed E-state index contributed by atoms with van der Waals surface area (Å²) in [6.45, 7) is 0. The minimum atomic E-state index is 0.514. The molecule has 0 aromatic carbocycles. The molecule has 0 fully saturated rings. The lowest BCUT2D eigenvalue weighted by Gasteiger charge is -2.34. The topological polar surface area (TPSA) is 0 Å². The molecule has 0 aromatic rings. The molecule has 0 saturated carbocycles. The van der Waals surface area contributed by atoms with Gasteiger partial charge in [0.05, 0.1) is 0 Å². The zero-order chi connectivity index (χ0) is 18.6. The van der Waals surface area contributed by atoms with Gasteiger partial charge in [0.25, 0.3) is 0 Å². The minimum Gasteiger partial charge on any atom is -0.179 e. The third-order valence-corrected chi connectivity index (χ3v) is 10.1. The van der Waals surface area contributed by atoms with E-state index in [4.69, 9.17) is 0 Å². The van der Waals surface area contributed by atoms with E-state index in [-0.39, 0.29) is 0 Å². The Morgan fingerprint density at radius 1 is 0.400 bits per heavy atom. The Kier molecular flexibility index (Phi) is 23.9. The van der Waals surface area contributed by atoms with Gasteiger partial charge in [0, 0.05) is 23.0 Å². The van der Waals surface area contributed by atoms with Gasteiger partial charge in [-0.2, -0.15) is 97.6 Å². The third-order valence-electron chi connectivity index (χ3n) is 4.05. The summed E-state index contributed by atoms with van der Waals surface area (Å²) in [7, 11) is 0. The van der Waals surface area contributed by atoms with Gasteiger partial charge in [0.2, 0.25) is 0 Å². The molecule has 0 aliphatic carbocycles. The number of hydrogen-bond donors (Lipinski definition) is 4. The van der Waals surface area contributed by atoms with Gasteiger partial charge in [-0.1, -0.05) is 0 Å². The highest BCUT2D eigenvalue weighted by Gasteiger charge is 2.28. The number of rotatable bonds is 20. The summed E-state index contributed by atoms with van der Waals surface area (Å²) in [5, 5.41) is 0. The largest absolute Gasteiger partial charge is 0.179 e. The first kappa shape index (κ1) is 27.8. The molecule has 0 bridgehead atoms. The SMILES string of the molecule is SCCSCCC(CCSCCS)(CCSCCS)CCSCCS. The first-order valence-corrected chi connectivity index (χ1v) is 16.1. The standard InChI is InChI=1S/C17H36S8/c18-5-13-22-9-1-17(2-10-23-14-6-19,3-11-24-15-7-20)4-12-25-16-8-21/h18-21H,1-16H2. The highest BCUT2D eigenvalue weighted by molar-refractivity contribution is 8.00. The summed E-state index contributed by atoms with van der Waals surface area (Å²) < 4.78 is 0. The van der Waals surface area contributed by atoms with E-state index >= 15 is 0 Å². The van der Waals surface area contributed by atoms with E-state index in [9.17, 15) is 0 Å². The first-order chi connectivity index (χ1) is 12.2. The molecule has 0 radical (unpaired) electrons. The Hall–Kier alpha value is 2.80. The number of thioether (sulfide) groups is 4. The van der Waals surface area contributed by atoms with Crippen LogP contribution in [0.2, 0.25) is 0 Å². The van der Waals surface area contributed by atoms with Crippen LogP contribution in [0.25, 0.3) is 0 Å². The smallest absolute Gasteiger partial charge is 0.00210 e.